The van der Waals surface area contributed by atoms with E-state index in [1.54, 1.807) is 6.07 Å². The topological polar surface area (TPSA) is 19.7 Å². The predicted octanol–water partition coefficient (Wildman–Crippen LogP) is 3.32. The van der Waals surface area contributed by atoms with Gasteiger partial charge in [-0.1, -0.05) is 48.5 Å². The van der Waals surface area contributed by atoms with Crippen molar-refractivity contribution < 1.29 is 18.1 Å². The number of quaternary nitrogens is 1. The van der Waals surface area contributed by atoms with Gasteiger partial charge in [0, 0.05) is 0 Å². The van der Waals surface area contributed by atoms with Crippen LogP contribution in [0.25, 0.3) is 6.08 Å². The molecule has 0 spiro atoms. The summed E-state index contributed by atoms with van der Waals surface area (Å²) in [7, 11) is 0. The third-order valence-corrected chi connectivity index (χ3v) is 5.11. The molecule has 0 aromatic heterocycles. The largest absolute Gasteiger partial charge is 0.418 e. The first-order valence-electron chi connectivity index (χ1n) is 9.21. The van der Waals surface area contributed by atoms with E-state index in [-0.39, 0.29) is 5.69 Å². The Morgan fingerprint density at radius 2 is 1.68 bits per heavy atom. The van der Waals surface area contributed by atoms with Gasteiger partial charge in [0.2, 0.25) is 0 Å². The summed E-state index contributed by atoms with van der Waals surface area (Å²) in [6.45, 7) is 4.13. The fraction of sp³-hybridized carbons (Fsp3) is 0.286. The summed E-state index contributed by atoms with van der Waals surface area (Å²) < 4.78 is 39.4. The maximum Gasteiger partial charge on any atom is 0.418 e. The molecule has 1 aliphatic heterocycles. The van der Waals surface area contributed by atoms with Crippen molar-refractivity contribution in [1.29, 1.82) is 0 Å². The van der Waals surface area contributed by atoms with Gasteiger partial charge >= 0.3 is 6.18 Å². The molecule has 0 radical (unpaired) electrons. The highest BCUT2D eigenvalue weighted by atomic mass is 32.1. The van der Waals surface area contributed by atoms with Crippen molar-refractivity contribution in [3.05, 3.63) is 71.8 Å². The number of alkyl halides is 3. The standard InChI is InChI=1S/C21H22F3N3S/c22-21(23,24)18-10-4-5-11-19(18)25-20(28)27-15-13-26(14-16-27)12-6-9-17-7-2-1-3-8-17/h1-11H,12-16H2,(H,25,28)/p+1/b9-6+. The van der Waals surface area contributed by atoms with Crippen LogP contribution in [0.15, 0.2) is 60.7 Å². The number of nitrogens with zero attached hydrogens (tertiary/aromatic N) is 1. The second kappa shape index (κ2) is 9.21. The van der Waals surface area contributed by atoms with Crippen molar-refractivity contribution in [1.82, 2.24) is 4.90 Å². The summed E-state index contributed by atoms with van der Waals surface area (Å²) in [6, 6.07) is 15.6. The van der Waals surface area contributed by atoms with Gasteiger partial charge < -0.3 is 15.1 Å². The number of hydrogen-bond donors (Lipinski definition) is 2. The second-order valence-corrected chi connectivity index (χ2v) is 7.11. The molecule has 0 saturated carbocycles. The first-order chi connectivity index (χ1) is 13.4. The van der Waals surface area contributed by atoms with Crippen LogP contribution in [0.2, 0.25) is 0 Å². The minimum absolute atomic E-state index is 0.000529. The van der Waals surface area contributed by atoms with E-state index < -0.39 is 11.7 Å². The zero-order valence-electron chi connectivity index (χ0n) is 15.4. The Morgan fingerprint density at radius 1 is 1.04 bits per heavy atom. The van der Waals surface area contributed by atoms with Gasteiger partial charge in [0.15, 0.2) is 5.11 Å². The van der Waals surface area contributed by atoms with Crippen LogP contribution in [0.3, 0.4) is 0 Å². The maximum absolute atomic E-state index is 13.1. The van der Waals surface area contributed by atoms with Crippen LogP contribution < -0.4 is 10.2 Å². The lowest BCUT2D eigenvalue weighted by molar-refractivity contribution is -0.897. The van der Waals surface area contributed by atoms with Gasteiger partial charge in [-0.15, -0.1) is 0 Å². The van der Waals surface area contributed by atoms with E-state index in [4.69, 9.17) is 12.2 Å². The normalized spacial score (nSPS) is 15.8. The van der Waals surface area contributed by atoms with Gasteiger partial charge in [-0.3, -0.25) is 0 Å². The lowest BCUT2D eigenvalue weighted by Crippen LogP contribution is -3.14. The SMILES string of the molecule is FC(F)(F)c1ccccc1NC(=S)N1CC[NH+](C/C=C/c2ccccc2)CC1. The quantitative estimate of drug-likeness (QED) is 0.760. The Labute approximate surface area is 168 Å². The van der Waals surface area contributed by atoms with Crippen molar-refractivity contribution in [3.8, 4) is 0 Å². The molecule has 2 aromatic carbocycles. The summed E-state index contributed by atoms with van der Waals surface area (Å²) in [6.07, 6.45) is -0.136. The van der Waals surface area contributed by atoms with Crippen LogP contribution in [-0.2, 0) is 6.18 Å². The third-order valence-electron chi connectivity index (χ3n) is 4.75. The van der Waals surface area contributed by atoms with Crippen LogP contribution >= 0.6 is 12.2 Å². The van der Waals surface area contributed by atoms with E-state index in [1.165, 1.54) is 22.6 Å². The smallest absolute Gasteiger partial charge is 0.338 e. The molecule has 0 bridgehead atoms. The molecule has 0 atom stereocenters. The number of anilines is 1. The number of para-hydroxylation sites is 1. The van der Waals surface area contributed by atoms with Crippen molar-refractivity contribution in [2.24, 2.45) is 0 Å². The molecule has 0 amide bonds. The highest BCUT2D eigenvalue weighted by Gasteiger charge is 2.33. The average molecular weight is 406 g/mol. The van der Waals surface area contributed by atoms with Gasteiger partial charge in [0.25, 0.3) is 0 Å². The van der Waals surface area contributed by atoms with Crippen molar-refractivity contribution in [2.75, 3.05) is 38.0 Å². The van der Waals surface area contributed by atoms with Gasteiger partial charge in [-0.25, -0.2) is 0 Å². The number of piperazine rings is 1. The van der Waals surface area contributed by atoms with Crippen LogP contribution in [0.4, 0.5) is 18.9 Å². The minimum atomic E-state index is -4.41. The molecule has 28 heavy (non-hydrogen) atoms. The number of thiocarbonyl (C=S) groups is 1. The molecule has 0 unspecified atom stereocenters. The molecule has 2 aromatic rings. The van der Waals surface area contributed by atoms with E-state index in [0.29, 0.717) is 18.2 Å². The van der Waals surface area contributed by atoms with Crippen LogP contribution in [0.1, 0.15) is 11.1 Å². The zero-order valence-corrected chi connectivity index (χ0v) is 16.2. The first-order valence-corrected chi connectivity index (χ1v) is 9.61. The van der Waals surface area contributed by atoms with Crippen LogP contribution in [0, 0.1) is 0 Å². The fourth-order valence-electron chi connectivity index (χ4n) is 3.19. The lowest BCUT2D eigenvalue weighted by atomic mass is 10.1. The van der Waals surface area contributed by atoms with E-state index in [0.717, 1.165) is 25.7 Å². The van der Waals surface area contributed by atoms with Crippen molar-refractivity contribution in [2.45, 2.75) is 6.18 Å². The number of halogens is 3. The molecule has 1 aliphatic rings. The summed E-state index contributed by atoms with van der Waals surface area (Å²) in [4.78, 5) is 3.37. The predicted molar refractivity (Wildman–Crippen MR) is 110 cm³/mol. The highest BCUT2D eigenvalue weighted by molar-refractivity contribution is 7.80. The van der Waals surface area contributed by atoms with Gasteiger partial charge in [-0.2, -0.15) is 13.2 Å². The lowest BCUT2D eigenvalue weighted by Gasteiger charge is -2.33. The number of hydrogen-bond acceptors (Lipinski definition) is 1. The summed E-state index contributed by atoms with van der Waals surface area (Å²) in [5, 5.41) is 3.12. The molecule has 1 fully saturated rings. The van der Waals surface area contributed by atoms with E-state index in [1.807, 2.05) is 23.1 Å². The fourth-order valence-corrected chi connectivity index (χ4v) is 3.48. The molecule has 1 saturated heterocycles. The van der Waals surface area contributed by atoms with Gasteiger partial charge in [0.05, 0.1) is 44.0 Å². The molecule has 1 heterocycles. The van der Waals surface area contributed by atoms with E-state index in [9.17, 15) is 13.2 Å². The van der Waals surface area contributed by atoms with E-state index >= 15 is 0 Å². The van der Waals surface area contributed by atoms with E-state index in [2.05, 4.69) is 29.6 Å². The monoisotopic (exact) mass is 406 g/mol. The first kappa shape index (κ1) is 20.4. The van der Waals surface area contributed by atoms with Crippen LogP contribution in [0.5, 0.6) is 0 Å². The third kappa shape index (κ3) is 5.56. The number of rotatable bonds is 4. The average Bonchev–Trinajstić information content (AvgIpc) is 2.69. The molecule has 148 valence electrons. The molecular weight excluding hydrogens is 383 g/mol. The zero-order chi connectivity index (χ0) is 20.0. The van der Waals surface area contributed by atoms with Gasteiger partial charge in [-0.05, 0) is 36.0 Å². The Bertz CT molecular complexity index is 813. The minimum Gasteiger partial charge on any atom is -0.338 e. The molecular formula is C21H23F3N3S+. The molecule has 0 aliphatic carbocycles. The maximum atomic E-state index is 13.1. The Hall–Kier alpha value is -2.38. The Morgan fingerprint density at radius 3 is 2.36 bits per heavy atom. The second-order valence-electron chi connectivity index (χ2n) is 6.73. The van der Waals surface area contributed by atoms with Crippen molar-refractivity contribution >= 4 is 29.1 Å². The highest BCUT2D eigenvalue weighted by Crippen LogP contribution is 2.34. The summed E-state index contributed by atoms with van der Waals surface area (Å²) in [5.74, 6) is 0. The summed E-state index contributed by atoms with van der Waals surface area (Å²) >= 11 is 5.35. The Balaban J connectivity index is 1.50. The van der Waals surface area contributed by atoms with Crippen molar-refractivity contribution in [3.63, 3.8) is 0 Å². The number of benzene rings is 2. The number of nitrogens with one attached hydrogen (secondary N) is 2. The van der Waals surface area contributed by atoms with Crippen LogP contribution in [-0.4, -0.2) is 42.7 Å². The molecule has 2 N–H and O–H groups in total. The van der Waals surface area contributed by atoms with Gasteiger partial charge in [0.1, 0.15) is 0 Å². The summed E-state index contributed by atoms with van der Waals surface area (Å²) in [5.41, 5.74) is 0.475. The molecule has 7 heteroatoms. The molecule has 3 rings (SSSR count). The Kier molecular flexibility index (Phi) is 6.70. The molecule has 3 nitrogen and oxygen atoms in total.